The number of aromatic nitrogens is 3. The number of hydrogen-bond acceptors (Lipinski definition) is 2. The molecule has 0 spiro atoms. The van der Waals surface area contributed by atoms with Gasteiger partial charge in [0.1, 0.15) is 6.54 Å². The van der Waals surface area contributed by atoms with Crippen LogP contribution in [0.25, 0.3) is 31.8 Å². The molecule has 0 radical (unpaired) electrons. The van der Waals surface area contributed by atoms with Gasteiger partial charge in [-0.3, -0.25) is 4.98 Å². The van der Waals surface area contributed by atoms with Gasteiger partial charge in [0.15, 0.2) is 5.52 Å². The van der Waals surface area contributed by atoms with E-state index in [1.165, 1.54) is 37.5 Å². The topological polar surface area (TPSA) is 21.7 Å². The van der Waals surface area contributed by atoms with Gasteiger partial charge < -0.3 is 0 Å². The standard InChI is InChI=1S/C16H12N3S/c1-18-14-11-5-2-3-7-13(11)20-16(14)19-9-12-10(15(18)19)6-4-8-17-12/h2-8H,9H2,1H3/q+1. The van der Waals surface area contributed by atoms with Gasteiger partial charge in [-0.25, -0.2) is 9.13 Å². The van der Waals surface area contributed by atoms with Gasteiger partial charge in [0, 0.05) is 16.3 Å². The molecule has 0 saturated carbocycles. The van der Waals surface area contributed by atoms with Gasteiger partial charge in [-0.15, -0.1) is 0 Å². The molecule has 0 N–H and O–H groups in total. The van der Waals surface area contributed by atoms with Crippen molar-refractivity contribution in [3.8, 4) is 11.4 Å². The third-order valence-corrected chi connectivity index (χ3v) is 5.33. The number of pyridine rings is 1. The molecule has 4 aromatic rings. The van der Waals surface area contributed by atoms with Crippen LogP contribution >= 0.6 is 11.3 Å². The molecule has 0 bridgehead atoms. The molecule has 0 amide bonds. The van der Waals surface area contributed by atoms with Crippen molar-refractivity contribution < 1.29 is 4.57 Å². The van der Waals surface area contributed by atoms with E-state index in [2.05, 4.69) is 51.5 Å². The summed E-state index contributed by atoms with van der Waals surface area (Å²) < 4.78 is 6.08. The highest BCUT2D eigenvalue weighted by Gasteiger charge is 2.35. The smallest absolute Gasteiger partial charge is 0.256 e. The van der Waals surface area contributed by atoms with E-state index < -0.39 is 0 Å². The van der Waals surface area contributed by atoms with Crippen LogP contribution in [0.4, 0.5) is 0 Å². The summed E-state index contributed by atoms with van der Waals surface area (Å²) in [6, 6.07) is 12.8. The quantitative estimate of drug-likeness (QED) is 0.399. The predicted molar refractivity (Wildman–Crippen MR) is 80.8 cm³/mol. The fourth-order valence-corrected chi connectivity index (χ4v) is 4.53. The molecule has 20 heavy (non-hydrogen) atoms. The van der Waals surface area contributed by atoms with Crippen LogP contribution in [0.15, 0.2) is 42.6 Å². The maximum atomic E-state index is 4.52. The van der Waals surface area contributed by atoms with Crippen molar-refractivity contribution in [3.63, 3.8) is 0 Å². The first-order valence-electron chi connectivity index (χ1n) is 6.68. The molecule has 5 rings (SSSR count). The number of hydrogen-bond donors (Lipinski definition) is 0. The Morgan fingerprint density at radius 1 is 1.20 bits per heavy atom. The summed E-state index contributed by atoms with van der Waals surface area (Å²) >= 11 is 1.87. The second kappa shape index (κ2) is 3.46. The molecule has 1 aromatic carbocycles. The summed E-state index contributed by atoms with van der Waals surface area (Å²) in [5.41, 5.74) is 3.79. The van der Waals surface area contributed by atoms with Crippen LogP contribution in [0.1, 0.15) is 5.69 Å². The van der Waals surface area contributed by atoms with E-state index in [0.717, 1.165) is 6.54 Å². The maximum Gasteiger partial charge on any atom is 0.292 e. The summed E-state index contributed by atoms with van der Waals surface area (Å²) in [7, 11) is 2.16. The monoisotopic (exact) mass is 278 g/mol. The fourth-order valence-electron chi connectivity index (χ4n) is 3.30. The Hall–Kier alpha value is -2.20. The molecule has 0 aliphatic carbocycles. The fraction of sp³-hybridized carbons (Fsp3) is 0.125. The van der Waals surface area contributed by atoms with E-state index in [4.69, 9.17) is 0 Å². The van der Waals surface area contributed by atoms with Crippen molar-refractivity contribution in [2.75, 3.05) is 0 Å². The van der Waals surface area contributed by atoms with Crippen LogP contribution in [0.5, 0.6) is 0 Å². The molecule has 0 atom stereocenters. The first-order chi connectivity index (χ1) is 9.84. The Morgan fingerprint density at radius 2 is 2.10 bits per heavy atom. The molecule has 0 unspecified atom stereocenters. The third-order valence-electron chi connectivity index (χ3n) is 4.14. The SMILES string of the molecule is Cn1c2[n+](c3sc4ccccc4c31)Cc1ncccc1-2. The lowest BCUT2D eigenvalue weighted by Crippen LogP contribution is -2.30. The zero-order valence-electron chi connectivity index (χ0n) is 11.0. The minimum atomic E-state index is 0.885. The van der Waals surface area contributed by atoms with Crippen LogP contribution in [0.2, 0.25) is 0 Å². The highest BCUT2D eigenvalue weighted by Crippen LogP contribution is 2.37. The van der Waals surface area contributed by atoms with E-state index in [9.17, 15) is 0 Å². The number of benzene rings is 1. The number of imidazole rings is 1. The lowest BCUT2D eigenvalue weighted by Gasteiger charge is -1.94. The first kappa shape index (κ1) is 10.6. The van der Waals surface area contributed by atoms with Crippen LogP contribution < -0.4 is 4.57 Å². The Bertz CT molecular complexity index is 994. The summed E-state index contributed by atoms with van der Waals surface area (Å²) in [6.07, 6.45) is 1.88. The highest BCUT2D eigenvalue weighted by atomic mass is 32.1. The van der Waals surface area contributed by atoms with Crippen molar-refractivity contribution >= 4 is 31.8 Å². The van der Waals surface area contributed by atoms with Crippen LogP contribution in [-0.2, 0) is 13.6 Å². The molecule has 4 heteroatoms. The minimum Gasteiger partial charge on any atom is -0.256 e. The molecule has 0 saturated heterocycles. The Balaban J connectivity index is 1.98. The number of fused-ring (bicyclic) bond motifs is 7. The average molecular weight is 278 g/mol. The summed E-state index contributed by atoms with van der Waals surface area (Å²) in [4.78, 5) is 5.87. The minimum absolute atomic E-state index is 0.885. The van der Waals surface area contributed by atoms with Crippen LogP contribution in [-0.4, -0.2) is 9.55 Å². The van der Waals surface area contributed by atoms with Crippen molar-refractivity contribution in [3.05, 3.63) is 48.3 Å². The lowest BCUT2D eigenvalue weighted by atomic mass is 10.2. The molecule has 96 valence electrons. The molecular weight excluding hydrogens is 266 g/mol. The molecule has 3 nitrogen and oxygen atoms in total. The zero-order valence-corrected chi connectivity index (χ0v) is 11.8. The van der Waals surface area contributed by atoms with Crippen molar-refractivity contribution in [1.82, 2.24) is 9.55 Å². The maximum absolute atomic E-state index is 4.52. The van der Waals surface area contributed by atoms with Crippen LogP contribution in [0, 0.1) is 0 Å². The second-order valence-electron chi connectivity index (χ2n) is 5.22. The largest absolute Gasteiger partial charge is 0.292 e. The van der Waals surface area contributed by atoms with Gasteiger partial charge in [-0.05, 0) is 24.3 Å². The summed E-state index contributed by atoms with van der Waals surface area (Å²) in [5, 5.41) is 1.35. The molecule has 4 heterocycles. The first-order valence-corrected chi connectivity index (χ1v) is 7.50. The predicted octanol–water partition coefficient (Wildman–Crippen LogP) is 3.10. The number of aryl methyl sites for hydroxylation is 1. The Labute approximate surface area is 119 Å². The normalized spacial score (nSPS) is 13.1. The number of nitrogens with zero attached hydrogens (tertiary/aromatic N) is 3. The van der Waals surface area contributed by atoms with Gasteiger partial charge in [0.2, 0.25) is 4.83 Å². The van der Waals surface area contributed by atoms with Crippen molar-refractivity contribution in [1.29, 1.82) is 0 Å². The number of thiophene rings is 1. The molecule has 3 aromatic heterocycles. The van der Waals surface area contributed by atoms with Gasteiger partial charge in [0.25, 0.3) is 5.82 Å². The van der Waals surface area contributed by atoms with E-state index in [1.807, 2.05) is 23.6 Å². The summed E-state index contributed by atoms with van der Waals surface area (Å²) in [6.45, 7) is 0.885. The number of rotatable bonds is 0. The van der Waals surface area contributed by atoms with Crippen molar-refractivity contribution in [2.45, 2.75) is 6.54 Å². The Kier molecular flexibility index (Phi) is 1.83. The van der Waals surface area contributed by atoms with Gasteiger partial charge in [0.05, 0.1) is 18.3 Å². The highest BCUT2D eigenvalue weighted by molar-refractivity contribution is 7.25. The van der Waals surface area contributed by atoms with E-state index in [-0.39, 0.29) is 0 Å². The average Bonchev–Trinajstić information content (AvgIpc) is 3.10. The van der Waals surface area contributed by atoms with E-state index in [1.54, 1.807) is 0 Å². The van der Waals surface area contributed by atoms with Gasteiger partial charge >= 0.3 is 0 Å². The second-order valence-corrected chi connectivity index (χ2v) is 6.25. The van der Waals surface area contributed by atoms with E-state index in [0.29, 0.717) is 0 Å². The van der Waals surface area contributed by atoms with Crippen LogP contribution in [0.3, 0.4) is 0 Å². The van der Waals surface area contributed by atoms with E-state index >= 15 is 0 Å². The molecular formula is C16H12N3S+. The van der Waals surface area contributed by atoms with Gasteiger partial charge in [-0.2, -0.15) is 0 Å². The van der Waals surface area contributed by atoms with Gasteiger partial charge in [-0.1, -0.05) is 23.5 Å². The summed E-state index contributed by atoms with van der Waals surface area (Å²) in [5.74, 6) is 1.28. The van der Waals surface area contributed by atoms with Crippen molar-refractivity contribution in [2.24, 2.45) is 7.05 Å². The lowest BCUT2D eigenvalue weighted by molar-refractivity contribution is -0.644. The zero-order chi connectivity index (χ0) is 13.3. The molecule has 1 aliphatic rings. The third kappa shape index (κ3) is 1.11. The molecule has 1 aliphatic heterocycles. The molecule has 0 fully saturated rings. The Morgan fingerprint density at radius 3 is 3.05 bits per heavy atom.